The molecule has 2 N–H and O–H groups in total. The fourth-order valence-electron chi connectivity index (χ4n) is 11.2. The number of piperazine rings is 2. The van der Waals surface area contributed by atoms with Gasteiger partial charge in [-0.3, -0.25) is 14.4 Å². The van der Waals surface area contributed by atoms with Gasteiger partial charge in [-0.05, 0) is 134 Å². The van der Waals surface area contributed by atoms with Gasteiger partial charge < -0.3 is 34.9 Å². The van der Waals surface area contributed by atoms with Gasteiger partial charge in [-0.25, -0.2) is 14.8 Å². The molecule has 0 unspecified atom stereocenters. The predicted octanol–water partition coefficient (Wildman–Crippen LogP) is 12.5. The molecule has 0 radical (unpaired) electrons. The third kappa shape index (κ3) is 11.8. The van der Waals surface area contributed by atoms with Crippen molar-refractivity contribution < 1.29 is 24.3 Å². The van der Waals surface area contributed by atoms with Crippen molar-refractivity contribution in [2.75, 3.05) is 39.3 Å². The maximum absolute atomic E-state index is 14.0. The number of carbonyl (C=O) groups excluding carboxylic acids is 3. The molecule has 6 atom stereocenters. The molecule has 0 spiro atoms. The lowest BCUT2D eigenvalue weighted by Crippen LogP contribution is -2.55. The zero-order valence-electron chi connectivity index (χ0n) is 45.0. The molecule has 19 heteroatoms. The van der Waals surface area contributed by atoms with Crippen molar-refractivity contribution in [3.05, 3.63) is 161 Å². The number of amides is 3. The van der Waals surface area contributed by atoms with Gasteiger partial charge in [0.15, 0.2) is 10.3 Å². The molecule has 6 aliphatic rings. The van der Waals surface area contributed by atoms with Gasteiger partial charge in [0.05, 0.1) is 12.1 Å². The van der Waals surface area contributed by atoms with Crippen molar-refractivity contribution >= 4 is 104 Å². The number of rotatable bonds is 8. The van der Waals surface area contributed by atoms with Crippen LogP contribution in [0.3, 0.4) is 0 Å². The molecule has 2 saturated heterocycles. The average molecular weight is 1160 g/mol. The number of hydrogen-bond acceptors (Lipinski definition) is 11. The van der Waals surface area contributed by atoms with E-state index in [9.17, 15) is 24.3 Å². The first kappa shape index (κ1) is 58.2. The number of amidine groups is 2. The molecule has 6 heterocycles. The lowest BCUT2D eigenvalue weighted by Gasteiger charge is -2.40. The molecule has 0 aliphatic carbocycles. The maximum atomic E-state index is 14.0. The largest absolute Gasteiger partial charge is 0.477 e. The third-order valence-corrected chi connectivity index (χ3v) is 18.1. The van der Waals surface area contributed by atoms with Crippen LogP contribution in [0, 0.1) is 11.8 Å². The van der Waals surface area contributed by atoms with Crippen molar-refractivity contribution in [3.63, 3.8) is 0 Å². The summed E-state index contributed by atoms with van der Waals surface area (Å²) >= 11 is 27.4. The second-order valence-corrected chi connectivity index (χ2v) is 24.8. The van der Waals surface area contributed by atoms with Crippen molar-refractivity contribution in [1.29, 1.82) is 0 Å². The molecule has 13 nitrogen and oxygen atoms in total. The number of benzene rings is 4. The molecule has 4 aromatic rings. The van der Waals surface area contributed by atoms with E-state index in [4.69, 9.17) is 56.4 Å². The van der Waals surface area contributed by atoms with Crippen LogP contribution in [0.5, 0.6) is 0 Å². The SMILES string of the molecule is CC(=O)N1CCN(C(=O)C2=C(C(C)C)N3C(=N[C@@](C)(c4ccc(Cl)cc4)[C@H]3c3ccc(Cl)cc3)S2)C[C@@H]1C.CC(=O)N1CCNC[C@@H]1C.CC(C)C1=C(C(=O)O)SC2=N[C@@](C)(c3ccc(Cl)cc3)[C@@H](c3ccc(Cl)cc3)N21. The summed E-state index contributed by atoms with van der Waals surface area (Å²) < 4.78 is 0. The second-order valence-electron chi connectivity index (χ2n) is 21.1. The Hall–Kier alpha value is -5.00. The van der Waals surface area contributed by atoms with Crippen LogP contribution in [0.15, 0.2) is 128 Å². The van der Waals surface area contributed by atoms with E-state index in [1.807, 2.05) is 133 Å². The van der Waals surface area contributed by atoms with Gasteiger partial charge in [-0.1, -0.05) is 123 Å². The van der Waals surface area contributed by atoms with Crippen molar-refractivity contribution in [1.82, 2.24) is 29.8 Å². The van der Waals surface area contributed by atoms with Crippen LogP contribution in [0.1, 0.15) is 104 Å². The lowest BCUT2D eigenvalue weighted by molar-refractivity contribution is -0.138. The molecule has 10 rings (SSSR count). The monoisotopic (exact) mass is 1160 g/mol. The fraction of sp³-hybridized carbons (Fsp3) is 0.414. The summed E-state index contributed by atoms with van der Waals surface area (Å²) in [6, 6.07) is 31.1. The van der Waals surface area contributed by atoms with E-state index < -0.39 is 17.0 Å². The highest BCUT2D eigenvalue weighted by atomic mass is 35.5. The van der Waals surface area contributed by atoms with Crippen LogP contribution in [0.25, 0.3) is 0 Å². The van der Waals surface area contributed by atoms with E-state index >= 15 is 0 Å². The van der Waals surface area contributed by atoms with Crippen LogP contribution in [-0.2, 0) is 30.3 Å². The van der Waals surface area contributed by atoms with Crippen molar-refractivity contribution in [2.45, 2.75) is 104 Å². The van der Waals surface area contributed by atoms with E-state index in [1.54, 1.807) is 13.8 Å². The first-order valence-corrected chi connectivity index (χ1v) is 29.0. The molecular formula is C58H66Cl4N8O5S2. The Bertz CT molecular complexity index is 3030. The van der Waals surface area contributed by atoms with Crippen LogP contribution >= 0.6 is 69.9 Å². The number of aliphatic carboxylic acids is 1. The summed E-state index contributed by atoms with van der Waals surface area (Å²) in [5.41, 5.74) is 4.73. The minimum Gasteiger partial charge on any atom is -0.477 e. The number of hydrogen-bond donors (Lipinski definition) is 2. The maximum Gasteiger partial charge on any atom is 0.344 e. The summed E-state index contributed by atoms with van der Waals surface area (Å²) in [6.45, 7) is 24.1. The molecule has 0 saturated carbocycles. The molecule has 2 fully saturated rings. The number of carboxylic acid groups (broad SMARTS) is 1. The van der Waals surface area contributed by atoms with Gasteiger partial charge in [0.1, 0.15) is 20.9 Å². The van der Waals surface area contributed by atoms with Crippen LogP contribution in [-0.4, -0.2) is 115 Å². The molecule has 408 valence electrons. The van der Waals surface area contributed by atoms with Crippen molar-refractivity contribution in [2.24, 2.45) is 21.8 Å². The van der Waals surface area contributed by atoms with E-state index in [1.165, 1.54) is 23.5 Å². The Morgan fingerprint density at radius 3 is 1.35 bits per heavy atom. The standard InChI is InChI=1S/C29H32Cl2N4O2S.C22H20Cl2N2O2S.C7H14N2O/c1-17(2)24-25(27(37)33-14-15-34(19(4)36)18(3)16-33)38-28-32-29(5,21-8-12-23(31)13-9-21)26(35(24)28)20-6-10-22(30)11-7-20;1-12(2)17-18(20(27)28)29-21-25-22(3,14-6-10-16(24)11-7-14)19(26(17)21)13-4-8-15(23)9-5-13;1-6-5-8-3-4-9(6)7(2)10/h6-13,17-18,26H,14-16H2,1-5H3;4-12,19H,1-3H3,(H,27,28);6,8H,3-5H2,1-2H3/t18-,26+,29-;19-,22+;6-/m010/s1. The Morgan fingerprint density at radius 2 is 0.987 bits per heavy atom. The fourth-order valence-corrected chi connectivity index (χ4v) is 14.3. The van der Waals surface area contributed by atoms with Gasteiger partial charge in [-0.2, -0.15) is 0 Å². The molecule has 77 heavy (non-hydrogen) atoms. The Labute approximate surface area is 481 Å². The Balaban J connectivity index is 0.000000177. The molecule has 6 aliphatic heterocycles. The lowest BCUT2D eigenvalue weighted by atomic mass is 9.81. The number of carboxylic acids is 1. The van der Waals surface area contributed by atoms with E-state index in [2.05, 4.69) is 49.7 Å². The number of carbonyl (C=O) groups is 4. The summed E-state index contributed by atoms with van der Waals surface area (Å²) in [5, 5.41) is 17.2. The summed E-state index contributed by atoms with van der Waals surface area (Å²) in [5.74, 6) is -0.554. The van der Waals surface area contributed by atoms with E-state index in [0.717, 1.165) is 63.4 Å². The minimum atomic E-state index is -0.918. The van der Waals surface area contributed by atoms with Crippen LogP contribution in [0.2, 0.25) is 20.1 Å². The quantitative estimate of drug-likeness (QED) is 0.175. The number of nitrogens with zero attached hydrogens (tertiary/aromatic N) is 7. The van der Waals surface area contributed by atoms with E-state index in [-0.39, 0.29) is 47.7 Å². The number of aliphatic imine (C=N–C) groups is 2. The summed E-state index contributed by atoms with van der Waals surface area (Å²) in [6.07, 6.45) is 0. The van der Waals surface area contributed by atoms with Gasteiger partial charge in [-0.15, -0.1) is 0 Å². The van der Waals surface area contributed by atoms with E-state index in [0.29, 0.717) is 55.8 Å². The zero-order chi connectivity index (χ0) is 55.8. The van der Waals surface area contributed by atoms with Gasteiger partial charge in [0.2, 0.25) is 11.8 Å². The average Bonchev–Trinajstić information content (AvgIpc) is 4.26. The summed E-state index contributed by atoms with van der Waals surface area (Å²) in [7, 11) is 0. The Kier molecular flexibility index (Phi) is 17.9. The molecule has 0 bridgehead atoms. The normalized spacial score (nSPS) is 24.8. The number of halogens is 4. The van der Waals surface area contributed by atoms with Crippen LogP contribution in [0.4, 0.5) is 0 Å². The third-order valence-electron chi connectivity index (χ3n) is 15.0. The molecule has 3 amide bonds. The first-order valence-electron chi connectivity index (χ1n) is 25.9. The topological polar surface area (TPSA) is 141 Å². The van der Waals surface area contributed by atoms with Gasteiger partial charge in [0.25, 0.3) is 5.91 Å². The first-order chi connectivity index (χ1) is 36.4. The number of thioether (sulfide) groups is 2. The molecular weight excluding hydrogens is 1090 g/mol. The Morgan fingerprint density at radius 1 is 0.597 bits per heavy atom. The zero-order valence-corrected chi connectivity index (χ0v) is 49.6. The summed E-state index contributed by atoms with van der Waals surface area (Å²) in [4.78, 5) is 70.1. The number of allylic oxidation sites excluding steroid dienone is 2. The highest BCUT2D eigenvalue weighted by Crippen LogP contribution is 2.58. The van der Waals surface area contributed by atoms with Gasteiger partial charge in [0, 0.05) is 96.7 Å². The molecule has 4 aromatic carbocycles. The predicted molar refractivity (Wildman–Crippen MR) is 314 cm³/mol. The number of nitrogens with one attached hydrogen (secondary N) is 1. The number of fused-ring (bicyclic) bond motifs is 2. The molecule has 0 aromatic heterocycles. The van der Waals surface area contributed by atoms with Crippen LogP contribution < -0.4 is 5.32 Å². The van der Waals surface area contributed by atoms with Gasteiger partial charge >= 0.3 is 5.97 Å². The second kappa shape index (κ2) is 23.8. The smallest absolute Gasteiger partial charge is 0.344 e. The highest BCUT2D eigenvalue weighted by molar-refractivity contribution is 8.18. The minimum absolute atomic E-state index is 0.00824. The highest BCUT2D eigenvalue weighted by Gasteiger charge is 2.55. The van der Waals surface area contributed by atoms with Crippen molar-refractivity contribution in [3.8, 4) is 0 Å².